The van der Waals surface area contributed by atoms with Crippen LogP contribution in [0.3, 0.4) is 0 Å². The summed E-state index contributed by atoms with van der Waals surface area (Å²) < 4.78 is 5.12. The van der Waals surface area contributed by atoms with Crippen LogP contribution in [0.1, 0.15) is 31.3 Å². The van der Waals surface area contributed by atoms with Crippen LogP contribution in [0.25, 0.3) is 10.9 Å². The first kappa shape index (κ1) is 14.5. The highest BCUT2D eigenvalue weighted by atomic mass is 16.3. The minimum atomic E-state index is -0.0909. The van der Waals surface area contributed by atoms with Crippen molar-refractivity contribution in [3.05, 3.63) is 64.6 Å². The van der Waals surface area contributed by atoms with Gasteiger partial charge < -0.3 is 9.40 Å². The van der Waals surface area contributed by atoms with Crippen LogP contribution in [-0.4, -0.2) is 21.4 Å². The van der Waals surface area contributed by atoms with Crippen LogP contribution in [0.4, 0.5) is 0 Å². The normalized spacial score (nSPS) is 12.9. The molecule has 0 aliphatic heterocycles. The van der Waals surface area contributed by atoms with Crippen molar-refractivity contribution in [3.8, 4) is 0 Å². The largest absolute Gasteiger partial charge is 0.472 e. The van der Waals surface area contributed by atoms with E-state index in [-0.39, 0.29) is 11.6 Å². The standard InChI is InChI=1S/C17H19N3O2/c1-3-20(10-13-8-9-22-11-13)12(2)16-18-15-7-5-4-6-14(15)17(21)19-16/h4-9,11-12H,3,10H2,1-2H3,(H,18,19,21)/t12-/m0/s1. The van der Waals surface area contributed by atoms with Crippen molar-refractivity contribution in [1.29, 1.82) is 0 Å². The fourth-order valence-corrected chi connectivity index (χ4v) is 2.62. The van der Waals surface area contributed by atoms with Gasteiger partial charge in [0.15, 0.2) is 0 Å². The molecule has 0 saturated heterocycles. The number of nitrogens with one attached hydrogen (secondary N) is 1. The Balaban J connectivity index is 1.93. The van der Waals surface area contributed by atoms with Gasteiger partial charge in [0.25, 0.3) is 5.56 Å². The topological polar surface area (TPSA) is 62.1 Å². The number of hydrogen-bond donors (Lipinski definition) is 1. The molecule has 3 rings (SSSR count). The third-order valence-corrected chi connectivity index (χ3v) is 3.95. The highest BCUT2D eigenvalue weighted by Gasteiger charge is 2.18. The van der Waals surface area contributed by atoms with Crippen LogP contribution in [0.2, 0.25) is 0 Å². The molecule has 3 aromatic rings. The van der Waals surface area contributed by atoms with E-state index < -0.39 is 0 Å². The van der Waals surface area contributed by atoms with Gasteiger partial charge in [-0.3, -0.25) is 9.69 Å². The van der Waals surface area contributed by atoms with Crippen LogP contribution in [-0.2, 0) is 6.54 Å². The van der Waals surface area contributed by atoms with Crippen LogP contribution >= 0.6 is 0 Å². The van der Waals surface area contributed by atoms with Crippen molar-refractivity contribution in [2.75, 3.05) is 6.54 Å². The second-order valence-electron chi connectivity index (χ2n) is 5.34. The van der Waals surface area contributed by atoms with Gasteiger partial charge in [-0.25, -0.2) is 4.98 Å². The summed E-state index contributed by atoms with van der Waals surface area (Å²) in [5.41, 5.74) is 1.75. The number of rotatable bonds is 5. The first-order valence-electron chi connectivity index (χ1n) is 7.43. The molecule has 2 aromatic heterocycles. The molecule has 0 fully saturated rings. The Morgan fingerprint density at radius 3 is 2.86 bits per heavy atom. The molecule has 2 heterocycles. The molecule has 0 radical (unpaired) electrons. The molecule has 5 nitrogen and oxygen atoms in total. The van der Waals surface area contributed by atoms with Gasteiger partial charge >= 0.3 is 0 Å². The van der Waals surface area contributed by atoms with E-state index in [0.29, 0.717) is 11.2 Å². The molecular weight excluding hydrogens is 278 g/mol. The zero-order chi connectivity index (χ0) is 15.5. The summed E-state index contributed by atoms with van der Waals surface area (Å²) in [6, 6.07) is 9.36. The molecule has 1 aromatic carbocycles. The first-order chi connectivity index (χ1) is 10.7. The molecule has 0 aliphatic rings. The van der Waals surface area contributed by atoms with Crippen molar-refractivity contribution in [2.45, 2.75) is 26.4 Å². The lowest BCUT2D eigenvalue weighted by Crippen LogP contribution is -2.29. The van der Waals surface area contributed by atoms with Gasteiger partial charge in [-0.2, -0.15) is 0 Å². The molecule has 1 N–H and O–H groups in total. The molecule has 0 unspecified atom stereocenters. The number of hydrogen-bond acceptors (Lipinski definition) is 4. The van der Waals surface area contributed by atoms with E-state index in [2.05, 4.69) is 28.7 Å². The number of furan rings is 1. The van der Waals surface area contributed by atoms with Crippen molar-refractivity contribution in [2.24, 2.45) is 0 Å². The zero-order valence-electron chi connectivity index (χ0n) is 12.7. The molecule has 0 bridgehead atoms. The van der Waals surface area contributed by atoms with Gasteiger partial charge in [-0.1, -0.05) is 19.1 Å². The molecule has 5 heteroatoms. The van der Waals surface area contributed by atoms with E-state index in [1.165, 1.54) is 0 Å². The molecule has 22 heavy (non-hydrogen) atoms. The average Bonchev–Trinajstić information content (AvgIpc) is 3.05. The van der Waals surface area contributed by atoms with E-state index in [1.807, 2.05) is 24.3 Å². The minimum absolute atomic E-state index is 0.0113. The van der Waals surface area contributed by atoms with Crippen LogP contribution in [0.5, 0.6) is 0 Å². The van der Waals surface area contributed by atoms with Gasteiger partial charge in [-0.15, -0.1) is 0 Å². The fraction of sp³-hybridized carbons (Fsp3) is 0.294. The lowest BCUT2D eigenvalue weighted by molar-refractivity contribution is 0.204. The third-order valence-electron chi connectivity index (χ3n) is 3.95. The monoisotopic (exact) mass is 297 g/mol. The molecule has 0 saturated carbocycles. The highest BCUT2D eigenvalue weighted by molar-refractivity contribution is 5.77. The summed E-state index contributed by atoms with van der Waals surface area (Å²) in [7, 11) is 0. The predicted molar refractivity (Wildman–Crippen MR) is 85.6 cm³/mol. The predicted octanol–water partition coefficient (Wildman–Crippen LogP) is 3.10. The van der Waals surface area contributed by atoms with Crippen molar-refractivity contribution < 1.29 is 4.42 Å². The number of aromatic amines is 1. The number of aromatic nitrogens is 2. The maximum absolute atomic E-state index is 12.2. The molecular formula is C17H19N3O2. The maximum atomic E-state index is 12.2. The second-order valence-corrected chi connectivity index (χ2v) is 5.34. The van der Waals surface area contributed by atoms with Gasteiger partial charge in [0, 0.05) is 12.1 Å². The van der Waals surface area contributed by atoms with E-state index in [0.717, 1.165) is 24.2 Å². The Kier molecular flexibility index (Phi) is 4.06. The number of fused-ring (bicyclic) bond motifs is 1. The second kappa shape index (κ2) is 6.15. The first-order valence-corrected chi connectivity index (χ1v) is 7.43. The number of nitrogens with zero attached hydrogens (tertiary/aromatic N) is 2. The summed E-state index contributed by atoms with van der Waals surface area (Å²) >= 11 is 0. The Bertz CT molecular complexity index is 808. The molecule has 0 aliphatic carbocycles. The molecule has 114 valence electrons. The molecule has 0 spiro atoms. The summed E-state index contributed by atoms with van der Waals surface area (Å²) in [6.45, 7) is 5.75. The Morgan fingerprint density at radius 1 is 1.32 bits per heavy atom. The van der Waals surface area contributed by atoms with Crippen molar-refractivity contribution in [3.63, 3.8) is 0 Å². The third kappa shape index (κ3) is 2.80. The Morgan fingerprint density at radius 2 is 2.14 bits per heavy atom. The van der Waals surface area contributed by atoms with Gasteiger partial charge in [-0.05, 0) is 31.7 Å². The van der Waals surface area contributed by atoms with Gasteiger partial charge in [0.1, 0.15) is 5.82 Å². The number of para-hydroxylation sites is 1. The Labute approximate surface area is 128 Å². The minimum Gasteiger partial charge on any atom is -0.472 e. The molecule has 1 atom stereocenters. The highest BCUT2D eigenvalue weighted by Crippen LogP contribution is 2.20. The summed E-state index contributed by atoms with van der Waals surface area (Å²) in [4.78, 5) is 22.0. The Hall–Kier alpha value is -2.40. The molecule has 0 amide bonds. The number of H-pyrrole nitrogens is 1. The van der Waals surface area contributed by atoms with E-state index in [9.17, 15) is 4.79 Å². The van der Waals surface area contributed by atoms with Crippen molar-refractivity contribution >= 4 is 10.9 Å². The average molecular weight is 297 g/mol. The van der Waals surface area contributed by atoms with Crippen LogP contribution in [0, 0.1) is 0 Å². The van der Waals surface area contributed by atoms with E-state index in [1.54, 1.807) is 18.6 Å². The van der Waals surface area contributed by atoms with E-state index >= 15 is 0 Å². The van der Waals surface area contributed by atoms with E-state index in [4.69, 9.17) is 4.42 Å². The zero-order valence-corrected chi connectivity index (χ0v) is 12.7. The summed E-state index contributed by atoms with van der Waals surface area (Å²) in [6.07, 6.45) is 3.41. The summed E-state index contributed by atoms with van der Waals surface area (Å²) in [5.74, 6) is 0.689. The SMILES string of the molecule is CCN(Cc1ccoc1)[C@@H](C)c1nc2ccccc2c(=O)[nH]1. The lowest BCUT2D eigenvalue weighted by Gasteiger charge is -2.26. The smallest absolute Gasteiger partial charge is 0.258 e. The van der Waals surface area contributed by atoms with Crippen LogP contribution < -0.4 is 5.56 Å². The lowest BCUT2D eigenvalue weighted by atomic mass is 10.2. The maximum Gasteiger partial charge on any atom is 0.258 e. The number of benzene rings is 1. The van der Waals surface area contributed by atoms with Crippen molar-refractivity contribution in [1.82, 2.24) is 14.9 Å². The van der Waals surface area contributed by atoms with Crippen LogP contribution in [0.15, 0.2) is 52.1 Å². The quantitative estimate of drug-likeness (QED) is 0.786. The summed E-state index contributed by atoms with van der Waals surface area (Å²) in [5, 5.41) is 0.622. The van der Waals surface area contributed by atoms with Gasteiger partial charge in [0.2, 0.25) is 0 Å². The fourth-order valence-electron chi connectivity index (χ4n) is 2.62. The van der Waals surface area contributed by atoms with Gasteiger partial charge in [0.05, 0.1) is 29.5 Å².